The molecule has 3 nitrogen and oxygen atoms in total. The fourth-order valence-electron chi connectivity index (χ4n) is 2.87. The average Bonchev–Trinajstić information content (AvgIpc) is 2.90. The average molecular weight is 269 g/mol. The van der Waals surface area contributed by atoms with Gasteiger partial charge in [-0.15, -0.1) is 0 Å². The number of methoxy groups -OCH3 is 1. The minimum atomic E-state index is 0.323. The standard InChI is InChI=1S/C17H19NO2/c1-20-13-5-2-4-12(10-13)11-18-16-9-8-15-14(16)6-3-7-17(15)19/h2-7,10,16,18-19H,8-9,11H2,1H3. The van der Waals surface area contributed by atoms with E-state index in [4.69, 9.17) is 4.74 Å². The maximum atomic E-state index is 9.86. The van der Waals surface area contributed by atoms with Gasteiger partial charge in [-0.3, -0.25) is 0 Å². The number of aromatic hydroxyl groups is 1. The highest BCUT2D eigenvalue weighted by atomic mass is 16.5. The summed E-state index contributed by atoms with van der Waals surface area (Å²) in [4.78, 5) is 0. The Bertz CT molecular complexity index is 610. The van der Waals surface area contributed by atoms with Crippen LogP contribution in [-0.4, -0.2) is 12.2 Å². The number of fused-ring (bicyclic) bond motifs is 1. The van der Waals surface area contributed by atoms with Crippen molar-refractivity contribution in [3.05, 3.63) is 59.2 Å². The van der Waals surface area contributed by atoms with Gasteiger partial charge in [-0.1, -0.05) is 24.3 Å². The second-order valence-electron chi connectivity index (χ2n) is 5.17. The van der Waals surface area contributed by atoms with Gasteiger partial charge in [-0.05, 0) is 47.7 Å². The molecule has 3 heteroatoms. The molecule has 2 aromatic carbocycles. The van der Waals surface area contributed by atoms with Crippen molar-refractivity contribution in [1.82, 2.24) is 5.32 Å². The summed E-state index contributed by atoms with van der Waals surface area (Å²) in [6.45, 7) is 0.803. The first-order valence-corrected chi connectivity index (χ1v) is 6.95. The lowest BCUT2D eigenvalue weighted by molar-refractivity contribution is 0.413. The molecule has 1 atom stereocenters. The molecule has 104 valence electrons. The summed E-state index contributed by atoms with van der Waals surface area (Å²) in [5.74, 6) is 1.31. The summed E-state index contributed by atoms with van der Waals surface area (Å²) in [6, 6.07) is 14.2. The second-order valence-corrected chi connectivity index (χ2v) is 5.17. The third kappa shape index (κ3) is 2.49. The Morgan fingerprint density at radius 3 is 2.95 bits per heavy atom. The van der Waals surface area contributed by atoms with Gasteiger partial charge < -0.3 is 15.2 Å². The molecule has 2 aromatic rings. The van der Waals surface area contributed by atoms with Crippen molar-refractivity contribution in [3.63, 3.8) is 0 Å². The number of hydrogen-bond donors (Lipinski definition) is 2. The van der Waals surface area contributed by atoms with E-state index in [1.807, 2.05) is 24.3 Å². The molecular formula is C17H19NO2. The van der Waals surface area contributed by atoms with Gasteiger partial charge in [0.1, 0.15) is 11.5 Å². The van der Waals surface area contributed by atoms with E-state index >= 15 is 0 Å². The van der Waals surface area contributed by atoms with Crippen LogP contribution in [0.15, 0.2) is 42.5 Å². The van der Waals surface area contributed by atoms with Gasteiger partial charge in [0.25, 0.3) is 0 Å². The summed E-state index contributed by atoms with van der Waals surface area (Å²) in [5, 5.41) is 13.4. The summed E-state index contributed by atoms with van der Waals surface area (Å²) in [6.07, 6.45) is 1.98. The maximum absolute atomic E-state index is 9.86. The van der Waals surface area contributed by atoms with Crippen LogP contribution in [0.1, 0.15) is 29.2 Å². The Labute approximate surface area is 119 Å². The summed E-state index contributed by atoms with van der Waals surface area (Å²) >= 11 is 0. The highest BCUT2D eigenvalue weighted by Gasteiger charge is 2.23. The Balaban J connectivity index is 1.70. The van der Waals surface area contributed by atoms with Crippen molar-refractivity contribution in [2.45, 2.75) is 25.4 Å². The Morgan fingerprint density at radius 2 is 2.10 bits per heavy atom. The zero-order valence-electron chi connectivity index (χ0n) is 11.6. The maximum Gasteiger partial charge on any atom is 0.119 e. The minimum absolute atomic E-state index is 0.323. The predicted octanol–water partition coefficient (Wildman–Crippen LogP) is 3.18. The molecule has 0 aromatic heterocycles. The van der Waals surface area contributed by atoms with Gasteiger partial charge in [-0.2, -0.15) is 0 Å². The highest BCUT2D eigenvalue weighted by molar-refractivity contribution is 5.44. The molecule has 1 unspecified atom stereocenters. The summed E-state index contributed by atoms with van der Waals surface area (Å²) < 4.78 is 5.24. The molecule has 0 spiro atoms. The number of nitrogens with one attached hydrogen (secondary N) is 1. The van der Waals surface area contributed by atoms with Crippen molar-refractivity contribution >= 4 is 0 Å². The van der Waals surface area contributed by atoms with E-state index < -0.39 is 0 Å². The predicted molar refractivity (Wildman–Crippen MR) is 79.0 cm³/mol. The molecule has 0 amide bonds. The molecule has 2 N–H and O–H groups in total. The molecule has 20 heavy (non-hydrogen) atoms. The SMILES string of the molecule is COc1cccc(CNC2CCc3c(O)cccc32)c1. The molecule has 0 saturated heterocycles. The van der Waals surface area contributed by atoms with Gasteiger partial charge >= 0.3 is 0 Å². The summed E-state index contributed by atoms with van der Waals surface area (Å²) in [7, 11) is 1.68. The van der Waals surface area contributed by atoms with Gasteiger partial charge in [0.2, 0.25) is 0 Å². The fourth-order valence-corrected chi connectivity index (χ4v) is 2.87. The van der Waals surface area contributed by atoms with Crippen molar-refractivity contribution in [2.75, 3.05) is 7.11 Å². The van der Waals surface area contributed by atoms with Crippen LogP contribution in [0.25, 0.3) is 0 Å². The van der Waals surface area contributed by atoms with E-state index in [2.05, 4.69) is 17.4 Å². The largest absolute Gasteiger partial charge is 0.508 e. The number of rotatable bonds is 4. The lowest BCUT2D eigenvalue weighted by Crippen LogP contribution is -2.18. The molecule has 0 radical (unpaired) electrons. The fraction of sp³-hybridized carbons (Fsp3) is 0.294. The normalized spacial score (nSPS) is 16.9. The first-order chi connectivity index (χ1) is 9.78. The third-order valence-electron chi connectivity index (χ3n) is 3.93. The molecule has 0 bridgehead atoms. The summed E-state index contributed by atoms with van der Waals surface area (Å²) in [5.41, 5.74) is 3.53. The van der Waals surface area contributed by atoms with Crippen LogP contribution in [0.3, 0.4) is 0 Å². The highest BCUT2D eigenvalue weighted by Crippen LogP contribution is 2.36. The second kappa shape index (κ2) is 5.55. The molecule has 0 aliphatic heterocycles. The molecule has 0 saturated carbocycles. The zero-order chi connectivity index (χ0) is 13.9. The van der Waals surface area contributed by atoms with Crippen molar-refractivity contribution in [1.29, 1.82) is 0 Å². The van der Waals surface area contributed by atoms with Gasteiger partial charge in [0.15, 0.2) is 0 Å². The van der Waals surface area contributed by atoms with E-state index in [1.165, 1.54) is 11.1 Å². The van der Waals surface area contributed by atoms with Gasteiger partial charge in [0.05, 0.1) is 7.11 Å². The molecular weight excluding hydrogens is 250 g/mol. The van der Waals surface area contributed by atoms with E-state index in [0.29, 0.717) is 11.8 Å². The number of ether oxygens (including phenoxy) is 1. The van der Waals surface area contributed by atoms with Crippen molar-refractivity contribution < 1.29 is 9.84 Å². The molecule has 3 rings (SSSR count). The first-order valence-electron chi connectivity index (χ1n) is 6.95. The number of phenols is 1. The first kappa shape index (κ1) is 13.0. The zero-order valence-corrected chi connectivity index (χ0v) is 11.6. The van der Waals surface area contributed by atoms with E-state index in [0.717, 1.165) is 30.7 Å². The van der Waals surface area contributed by atoms with Crippen LogP contribution >= 0.6 is 0 Å². The van der Waals surface area contributed by atoms with E-state index in [-0.39, 0.29) is 0 Å². The Hall–Kier alpha value is -2.00. The molecule has 0 fully saturated rings. The van der Waals surface area contributed by atoms with Crippen LogP contribution in [0, 0.1) is 0 Å². The van der Waals surface area contributed by atoms with Crippen LogP contribution in [0.5, 0.6) is 11.5 Å². The van der Waals surface area contributed by atoms with Crippen molar-refractivity contribution in [3.8, 4) is 11.5 Å². The van der Waals surface area contributed by atoms with E-state index in [1.54, 1.807) is 13.2 Å². The van der Waals surface area contributed by atoms with Gasteiger partial charge in [0, 0.05) is 12.6 Å². The Kier molecular flexibility index (Phi) is 3.61. The monoisotopic (exact) mass is 269 g/mol. The quantitative estimate of drug-likeness (QED) is 0.895. The lowest BCUT2D eigenvalue weighted by atomic mass is 10.1. The van der Waals surface area contributed by atoms with E-state index in [9.17, 15) is 5.11 Å². The molecule has 1 aliphatic carbocycles. The van der Waals surface area contributed by atoms with Crippen molar-refractivity contribution in [2.24, 2.45) is 0 Å². The smallest absolute Gasteiger partial charge is 0.119 e. The van der Waals surface area contributed by atoms with Gasteiger partial charge in [-0.25, -0.2) is 0 Å². The third-order valence-corrected chi connectivity index (χ3v) is 3.93. The number of benzene rings is 2. The van der Waals surface area contributed by atoms with Crippen LogP contribution in [0.4, 0.5) is 0 Å². The molecule has 0 heterocycles. The number of phenolic OH excluding ortho intramolecular Hbond substituents is 1. The van der Waals surface area contributed by atoms with Crippen LogP contribution in [-0.2, 0) is 13.0 Å². The number of hydrogen-bond acceptors (Lipinski definition) is 3. The lowest BCUT2D eigenvalue weighted by Gasteiger charge is -2.14. The topological polar surface area (TPSA) is 41.5 Å². The van der Waals surface area contributed by atoms with Crippen LogP contribution < -0.4 is 10.1 Å². The molecule has 1 aliphatic rings. The Morgan fingerprint density at radius 1 is 1.25 bits per heavy atom. The van der Waals surface area contributed by atoms with Crippen LogP contribution in [0.2, 0.25) is 0 Å². The minimum Gasteiger partial charge on any atom is -0.508 e.